The Labute approximate surface area is 242 Å². The minimum atomic E-state index is 0.0248. The standard InChI is InChI=1S/C36H20B2O4/c1-3-9-25-21(7-1)37-23-17-19-15-16-20-18-24-36(32(31(19)20)35(23)41-29-13-5-11-27(39-25)33(29)37)42-30-14-6-12-28-34(30)38(24)22-8-2-4-10-26(22)40-28/h1-14,17-18H,15-16H2. The van der Waals surface area contributed by atoms with Crippen molar-refractivity contribution in [2.24, 2.45) is 0 Å². The molecule has 11 rings (SSSR count). The van der Waals surface area contributed by atoms with E-state index in [1.165, 1.54) is 38.4 Å². The van der Waals surface area contributed by atoms with E-state index in [1.807, 2.05) is 24.3 Å². The van der Waals surface area contributed by atoms with Crippen LogP contribution in [-0.2, 0) is 12.8 Å². The highest BCUT2D eigenvalue weighted by Gasteiger charge is 2.45. The Hall–Kier alpha value is -5.09. The maximum absolute atomic E-state index is 6.94. The van der Waals surface area contributed by atoms with Gasteiger partial charge in [-0.2, -0.15) is 0 Å². The Morgan fingerprint density at radius 3 is 1.33 bits per heavy atom. The van der Waals surface area contributed by atoms with Gasteiger partial charge < -0.3 is 18.9 Å². The van der Waals surface area contributed by atoms with E-state index in [0.29, 0.717) is 0 Å². The molecule has 0 unspecified atom stereocenters. The van der Waals surface area contributed by atoms with E-state index in [0.717, 1.165) is 75.1 Å². The molecule has 6 heteroatoms. The Kier molecular flexibility index (Phi) is 3.81. The minimum Gasteiger partial charge on any atom is -0.458 e. The second-order valence-corrected chi connectivity index (χ2v) is 11.8. The molecule has 0 fully saturated rings. The number of hydrogen-bond acceptors (Lipinski definition) is 4. The van der Waals surface area contributed by atoms with Gasteiger partial charge in [0.05, 0.1) is 5.39 Å². The Morgan fingerprint density at radius 1 is 0.405 bits per heavy atom. The fourth-order valence-electron chi connectivity index (χ4n) is 8.12. The summed E-state index contributed by atoms with van der Waals surface area (Å²) in [4.78, 5) is 0. The van der Waals surface area contributed by atoms with Crippen LogP contribution in [0.3, 0.4) is 0 Å². The molecule has 0 saturated heterocycles. The van der Waals surface area contributed by atoms with Crippen molar-refractivity contribution in [1.29, 1.82) is 0 Å². The van der Waals surface area contributed by atoms with Gasteiger partial charge in [-0.25, -0.2) is 0 Å². The first-order valence-corrected chi connectivity index (χ1v) is 14.6. The predicted molar refractivity (Wildman–Crippen MR) is 167 cm³/mol. The molecule has 4 aliphatic heterocycles. The molecule has 0 N–H and O–H groups in total. The van der Waals surface area contributed by atoms with E-state index < -0.39 is 0 Å². The lowest BCUT2D eigenvalue weighted by atomic mass is 9.34. The highest BCUT2D eigenvalue weighted by atomic mass is 16.5. The number of benzene rings is 6. The van der Waals surface area contributed by atoms with Crippen LogP contribution in [0.1, 0.15) is 11.1 Å². The third-order valence-electron chi connectivity index (χ3n) is 9.77. The zero-order valence-corrected chi connectivity index (χ0v) is 22.4. The van der Waals surface area contributed by atoms with Gasteiger partial charge in [-0.05, 0) is 87.6 Å². The molecule has 0 atom stereocenters. The maximum atomic E-state index is 6.94. The van der Waals surface area contributed by atoms with E-state index >= 15 is 0 Å². The van der Waals surface area contributed by atoms with Gasteiger partial charge in [0, 0.05) is 10.9 Å². The van der Waals surface area contributed by atoms with Crippen LogP contribution >= 0.6 is 0 Å². The first-order valence-electron chi connectivity index (χ1n) is 14.6. The first-order chi connectivity index (χ1) is 20.8. The van der Waals surface area contributed by atoms with Crippen molar-refractivity contribution >= 4 is 57.0 Å². The predicted octanol–water partition coefficient (Wildman–Crippen LogP) is 4.39. The van der Waals surface area contributed by atoms with Crippen molar-refractivity contribution in [3.8, 4) is 46.0 Å². The van der Waals surface area contributed by atoms with Crippen molar-refractivity contribution < 1.29 is 18.9 Å². The molecule has 42 heavy (non-hydrogen) atoms. The van der Waals surface area contributed by atoms with E-state index in [2.05, 4.69) is 72.8 Å². The third-order valence-corrected chi connectivity index (χ3v) is 9.77. The fraction of sp³-hybridized carbons (Fsp3) is 0.0556. The number of aryl methyl sites for hydroxylation is 2. The number of para-hydroxylation sites is 2. The lowest BCUT2D eigenvalue weighted by molar-refractivity contribution is 0.459. The highest BCUT2D eigenvalue weighted by molar-refractivity contribution is 6.99. The molecule has 0 spiro atoms. The number of rotatable bonds is 0. The van der Waals surface area contributed by atoms with Crippen LogP contribution in [0.5, 0.6) is 46.0 Å². The molecule has 4 nitrogen and oxygen atoms in total. The SMILES string of the molecule is c1ccc2c(c1)Oc1cccc3c1B2c1cc2c4c(cc5c(c4c1O3)Oc1cccc3c1B5c1ccccc1O3)CC2. The summed E-state index contributed by atoms with van der Waals surface area (Å²) in [7, 11) is 0. The molecule has 6 aromatic carbocycles. The van der Waals surface area contributed by atoms with Gasteiger partial charge in [0.25, 0.3) is 13.4 Å². The van der Waals surface area contributed by atoms with Crippen LogP contribution in [0.2, 0.25) is 0 Å². The van der Waals surface area contributed by atoms with Crippen LogP contribution in [0.15, 0.2) is 97.1 Å². The summed E-state index contributed by atoms with van der Waals surface area (Å²) in [6.07, 6.45) is 2.01. The molecule has 0 amide bonds. The van der Waals surface area contributed by atoms with Crippen LogP contribution in [0, 0.1) is 0 Å². The Bertz CT molecular complexity index is 2090. The Balaban J connectivity index is 1.26. The molecular formula is C36H20B2O4. The quantitative estimate of drug-likeness (QED) is 0.269. The van der Waals surface area contributed by atoms with Gasteiger partial charge in [0.2, 0.25) is 0 Å². The molecule has 6 aromatic rings. The number of fused-ring (bicyclic) bond motifs is 10. The van der Waals surface area contributed by atoms with E-state index in [4.69, 9.17) is 18.9 Å². The molecule has 0 aromatic heterocycles. The van der Waals surface area contributed by atoms with Gasteiger partial charge >= 0.3 is 0 Å². The fourth-order valence-corrected chi connectivity index (χ4v) is 8.12. The molecule has 4 heterocycles. The molecule has 0 bridgehead atoms. The average Bonchev–Trinajstić information content (AvgIpc) is 3.44. The molecular weight excluding hydrogens is 518 g/mol. The van der Waals surface area contributed by atoms with Crippen LogP contribution in [0.4, 0.5) is 0 Å². The van der Waals surface area contributed by atoms with E-state index in [1.54, 1.807) is 0 Å². The summed E-state index contributed by atoms with van der Waals surface area (Å²) < 4.78 is 26.6. The lowest BCUT2D eigenvalue weighted by Crippen LogP contribution is -2.58. The summed E-state index contributed by atoms with van der Waals surface area (Å²) in [5.74, 6) is 7.05. The smallest absolute Gasteiger partial charge is 0.260 e. The first kappa shape index (κ1) is 21.6. The largest absolute Gasteiger partial charge is 0.458 e. The van der Waals surface area contributed by atoms with Crippen molar-refractivity contribution in [2.75, 3.05) is 0 Å². The van der Waals surface area contributed by atoms with Crippen molar-refractivity contribution in [3.05, 3.63) is 108 Å². The van der Waals surface area contributed by atoms with Crippen molar-refractivity contribution in [3.63, 3.8) is 0 Å². The summed E-state index contributed by atoms with van der Waals surface area (Å²) in [5.41, 5.74) is 9.66. The molecule has 194 valence electrons. The number of ether oxygens (including phenoxy) is 4. The van der Waals surface area contributed by atoms with Crippen LogP contribution in [0.25, 0.3) is 10.8 Å². The number of hydrogen-bond donors (Lipinski definition) is 0. The topological polar surface area (TPSA) is 36.9 Å². The van der Waals surface area contributed by atoms with Gasteiger partial charge in [-0.3, -0.25) is 0 Å². The van der Waals surface area contributed by atoms with Crippen LogP contribution in [-0.4, -0.2) is 13.4 Å². The van der Waals surface area contributed by atoms with Gasteiger partial charge in [-0.15, -0.1) is 0 Å². The summed E-state index contributed by atoms with van der Waals surface area (Å²) in [6, 6.07) is 33.9. The van der Waals surface area contributed by atoms with Crippen molar-refractivity contribution in [2.45, 2.75) is 12.8 Å². The maximum Gasteiger partial charge on any atom is 0.260 e. The molecule has 1 aliphatic carbocycles. The second-order valence-electron chi connectivity index (χ2n) is 11.8. The zero-order valence-electron chi connectivity index (χ0n) is 22.4. The molecule has 5 aliphatic rings. The lowest BCUT2D eigenvalue weighted by Gasteiger charge is -2.36. The third kappa shape index (κ3) is 2.53. The molecule has 0 saturated carbocycles. The zero-order chi connectivity index (χ0) is 27.1. The van der Waals surface area contributed by atoms with Gasteiger partial charge in [0.15, 0.2) is 0 Å². The summed E-state index contributed by atoms with van der Waals surface area (Å²) >= 11 is 0. The average molecular weight is 538 g/mol. The minimum absolute atomic E-state index is 0.0248. The van der Waals surface area contributed by atoms with Gasteiger partial charge in [0.1, 0.15) is 46.0 Å². The van der Waals surface area contributed by atoms with E-state index in [-0.39, 0.29) is 13.4 Å². The highest BCUT2D eigenvalue weighted by Crippen LogP contribution is 2.47. The molecule has 0 radical (unpaired) electrons. The Morgan fingerprint density at radius 2 is 0.833 bits per heavy atom. The second kappa shape index (κ2) is 7.40. The van der Waals surface area contributed by atoms with Crippen LogP contribution < -0.4 is 51.7 Å². The van der Waals surface area contributed by atoms with E-state index in [9.17, 15) is 0 Å². The summed E-state index contributed by atoms with van der Waals surface area (Å²) in [5, 5.41) is 2.37. The van der Waals surface area contributed by atoms with Gasteiger partial charge in [-0.1, -0.05) is 60.7 Å². The summed E-state index contributed by atoms with van der Waals surface area (Å²) in [6.45, 7) is 0.0495. The normalized spacial score (nSPS) is 15.1. The van der Waals surface area contributed by atoms with Crippen molar-refractivity contribution in [1.82, 2.24) is 0 Å². The monoisotopic (exact) mass is 538 g/mol.